The van der Waals surface area contributed by atoms with E-state index in [2.05, 4.69) is 9.97 Å². The second-order valence-corrected chi connectivity index (χ2v) is 6.77. The summed E-state index contributed by atoms with van der Waals surface area (Å²) >= 11 is 0. The Morgan fingerprint density at radius 3 is 2.38 bits per heavy atom. The van der Waals surface area contributed by atoms with E-state index in [-0.39, 0.29) is 5.03 Å². The number of hydrogen-bond acceptors (Lipinski definition) is 4. The Hall–Kier alpha value is -2.21. The van der Waals surface area contributed by atoms with Gasteiger partial charge in [0.1, 0.15) is 11.3 Å². The van der Waals surface area contributed by atoms with Gasteiger partial charge in [0.2, 0.25) is 0 Å². The number of aryl methyl sites for hydroxylation is 1. The minimum absolute atomic E-state index is 0.0733. The average molecular weight is 301 g/mol. The van der Waals surface area contributed by atoms with Crippen LogP contribution in [-0.4, -0.2) is 29.2 Å². The Balaban J connectivity index is 2.29. The molecule has 0 N–H and O–H groups in total. The molecule has 3 rings (SSSR count). The van der Waals surface area contributed by atoms with Crippen molar-refractivity contribution < 1.29 is 8.42 Å². The van der Waals surface area contributed by atoms with Gasteiger partial charge in [-0.25, -0.2) is 18.4 Å². The van der Waals surface area contributed by atoms with Crippen molar-refractivity contribution in [1.82, 2.24) is 14.5 Å². The van der Waals surface area contributed by atoms with Crippen molar-refractivity contribution in [1.29, 1.82) is 0 Å². The van der Waals surface area contributed by atoms with E-state index in [0.29, 0.717) is 17.7 Å². The lowest BCUT2D eigenvalue weighted by Gasteiger charge is -2.05. The van der Waals surface area contributed by atoms with E-state index < -0.39 is 9.84 Å². The van der Waals surface area contributed by atoms with Crippen LogP contribution in [0.25, 0.3) is 22.6 Å². The van der Waals surface area contributed by atoms with Crippen LogP contribution in [0.15, 0.2) is 47.5 Å². The molecule has 0 saturated heterocycles. The third-order valence-corrected chi connectivity index (χ3v) is 4.28. The number of benzene rings is 1. The third kappa shape index (κ3) is 2.42. The van der Waals surface area contributed by atoms with Gasteiger partial charge in [-0.15, -0.1) is 0 Å². The molecule has 0 saturated carbocycles. The van der Waals surface area contributed by atoms with Crippen molar-refractivity contribution in [3.05, 3.63) is 42.5 Å². The molecule has 0 aliphatic rings. The Labute approximate surface area is 123 Å². The molecule has 108 valence electrons. The minimum Gasteiger partial charge on any atom is -0.309 e. The number of aromatic nitrogens is 3. The van der Waals surface area contributed by atoms with Crippen LogP contribution in [-0.2, 0) is 16.4 Å². The van der Waals surface area contributed by atoms with Gasteiger partial charge in [-0.1, -0.05) is 30.3 Å². The molecule has 0 radical (unpaired) electrons. The van der Waals surface area contributed by atoms with Crippen molar-refractivity contribution in [2.24, 2.45) is 0 Å². The molecule has 3 aromatic rings. The Kier molecular flexibility index (Phi) is 3.25. The molecule has 0 spiro atoms. The largest absolute Gasteiger partial charge is 0.309 e. The first kappa shape index (κ1) is 13.8. The minimum atomic E-state index is -3.33. The summed E-state index contributed by atoms with van der Waals surface area (Å²) in [7, 11) is -3.33. The molecule has 6 heteroatoms. The van der Waals surface area contributed by atoms with Crippen LogP contribution in [0, 0.1) is 0 Å². The van der Waals surface area contributed by atoms with Crippen LogP contribution in [0.5, 0.6) is 0 Å². The fraction of sp³-hybridized carbons (Fsp3) is 0.200. The van der Waals surface area contributed by atoms with E-state index >= 15 is 0 Å². The summed E-state index contributed by atoms with van der Waals surface area (Å²) in [5.74, 6) is 0.797. The standard InChI is InChI=1S/C15H15N3O2S/c1-3-18-14(11-7-5-4-6-8-11)16-12-9-10-13(17-15(12)18)21(2,19)20/h4-10H,3H2,1-2H3. The zero-order valence-electron chi connectivity index (χ0n) is 11.8. The first-order valence-corrected chi connectivity index (χ1v) is 8.52. The molecule has 0 amide bonds. The maximum atomic E-state index is 11.7. The fourth-order valence-corrected chi connectivity index (χ4v) is 2.87. The molecule has 2 aromatic heterocycles. The molecule has 21 heavy (non-hydrogen) atoms. The monoisotopic (exact) mass is 301 g/mol. The first-order chi connectivity index (χ1) is 10.0. The highest BCUT2D eigenvalue weighted by atomic mass is 32.2. The molecule has 0 aliphatic heterocycles. The summed E-state index contributed by atoms with van der Waals surface area (Å²) in [4.78, 5) is 8.86. The predicted octanol–water partition coefficient (Wildman–Crippen LogP) is 2.52. The summed E-state index contributed by atoms with van der Waals surface area (Å²) in [6.45, 7) is 2.66. The van der Waals surface area contributed by atoms with Crippen molar-refractivity contribution in [2.75, 3.05) is 6.26 Å². The molecule has 0 atom stereocenters. The fourth-order valence-electron chi connectivity index (χ4n) is 2.30. The van der Waals surface area contributed by atoms with Crippen molar-refractivity contribution in [3.63, 3.8) is 0 Å². The number of pyridine rings is 1. The normalized spacial score (nSPS) is 11.9. The lowest BCUT2D eigenvalue weighted by Crippen LogP contribution is -2.03. The van der Waals surface area contributed by atoms with Crippen molar-refractivity contribution in [2.45, 2.75) is 18.5 Å². The van der Waals surface area contributed by atoms with E-state index in [4.69, 9.17) is 0 Å². The lowest BCUT2D eigenvalue weighted by atomic mass is 10.2. The van der Waals surface area contributed by atoms with Crippen LogP contribution >= 0.6 is 0 Å². The molecule has 5 nitrogen and oxygen atoms in total. The molecular weight excluding hydrogens is 286 g/mol. The zero-order valence-corrected chi connectivity index (χ0v) is 12.6. The molecule has 1 aromatic carbocycles. The van der Waals surface area contributed by atoms with Gasteiger partial charge in [0.15, 0.2) is 20.5 Å². The Morgan fingerprint density at radius 1 is 1.05 bits per heavy atom. The van der Waals surface area contributed by atoms with E-state index in [1.54, 1.807) is 6.07 Å². The van der Waals surface area contributed by atoms with Gasteiger partial charge in [-0.2, -0.15) is 0 Å². The van der Waals surface area contributed by atoms with Gasteiger partial charge in [0, 0.05) is 18.4 Å². The predicted molar refractivity (Wildman–Crippen MR) is 81.7 cm³/mol. The zero-order chi connectivity index (χ0) is 15.0. The van der Waals surface area contributed by atoms with Gasteiger partial charge in [-0.05, 0) is 19.1 Å². The summed E-state index contributed by atoms with van der Waals surface area (Å²) in [6, 6.07) is 13.0. The van der Waals surface area contributed by atoms with E-state index in [1.165, 1.54) is 6.07 Å². The highest BCUT2D eigenvalue weighted by molar-refractivity contribution is 7.90. The van der Waals surface area contributed by atoms with E-state index in [9.17, 15) is 8.42 Å². The quantitative estimate of drug-likeness (QED) is 0.745. The number of fused-ring (bicyclic) bond motifs is 1. The molecule has 2 heterocycles. The van der Waals surface area contributed by atoms with Crippen LogP contribution in [0.2, 0.25) is 0 Å². The number of hydrogen-bond donors (Lipinski definition) is 0. The van der Waals surface area contributed by atoms with Gasteiger partial charge >= 0.3 is 0 Å². The maximum Gasteiger partial charge on any atom is 0.192 e. The molecule has 0 aliphatic carbocycles. The smallest absolute Gasteiger partial charge is 0.192 e. The number of imidazole rings is 1. The summed E-state index contributed by atoms with van der Waals surface area (Å²) in [5.41, 5.74) is 2.28. The Bertz CT molecular complexity index is 899. The molecular formula is C15H15N3O2S. The number of sulfone groups is 1. The van der Waals surface area contributed by atoms with Crippen LogP contribution in [0.1, 0.15) is 6.92 Å². The van der Waals surface area contributed by atoms with Crippen LogP contribution in [0.3, 0.4) is 0 Å². The van der Waals surface area contributed by atoms with Gasteiger partial charge in [0.05, 0.1) is 0 Å². The van der Waals surface area contributed by atoms with Crippen LogP contribution < -0.4 is 0 Å². The molecule has 0 unspecified atom stereocenters. The highest BCUT2D eigenvalue weighted by Gasteiger charge is 2.16. The van der Waals surface area contributed by atoms with E-state index in [1.807, 2.05) is 41.8 Å². The van der Waals surface area contributed by atoms with E-state index in [0.717, 1.165) is 17.6 Å². The first-order valence-electron chi connectivity index (χ1n) is 6.63. The van der Waals surface area contributed by atoms with Gasteiger partial charge < -0.3 is 4.57 Å². The Morgan fingerprint density at radius 2 is 1.76 bits per heavy atom. The SMILES string of the molecule is CCn1c(-c2ccccc2)nc2ccc(S(C)(=O)=O)nc21. The summed E-state index contributed by atoms with van der Waals surface area (Å²) in [6.07, 6.45) is 1.16. The second kappa shape index (κ2) is 4.96. The van der Waals surface area contributed by atoms with Gasteiger partial charge in [0.25, 0.3) is 0 Å². The number of rotatable bonds is 3. The maximum absolute atomic E-state index is 11.7. The van der Waals surface area contributed by atoms with Crippen molar-refractivity contribution in [3.8, 4) is 11.4 Å². The lowest BCUT2D eigenvalue weighted by molar-refractivity contribution is 0.598. The number of nitrogens with zero attached hydrogens (tertiary/aromatic N) is 3. The molecule has 0 bridgehead atoms. The van der Waals surface area contributed by atoms with Crippen molar-refractivity contribution >= 4 is 21.0 Å². The molecule has 0 fully saturated rings. The highest BCUT2D eigenvalue weighted by Crippen LogP contribution is 2.24. The third-order valence-electron chi connectivity index (χ3n) is 3.29. The van der Waals surface area contributed by atoms with Gasteiger partial charge in [-0.3, -0.25) is 0 Å². The summed E-state index contributed by atoms with van der Waals surface area (Å²) in [5, 5.41) is 0.0733. The second-order valence-electron chi connectivity index (χ2n) is 4.81. The average Bonchev–Trinajstić information content (AvgIpc) is 2.84. The van der Waals surface area contributed by atoms with Crippen LogP contribution in [0.4, 0.5) is 0 Å². The summed E-state index contributed by atoms with van der Waals surface area (Å²) < 4.78 is 25.3. The topological polar surface area (TPSA) is 64.8 Å².